The van der Waals surface area contributed by atoms with Crippen LogP contribution >= 0.6 is 11.6 Å². The number of benzene rings is 1. The van der Waals surface area contributed by atoms with Crippen molar-refractivity contribution in [1.29, 1.82) is 0 Å². The Balaban J connectivity index is 2.36. The van der Waals surface area contributed by atoms with Crippen LogP contribution in [0.25, 0.3) is 5.69 Å². The molecule has 2 N–H and O–H groups in total. The van der Waals surface area contributed by atoms with Crippen molar-refractivity contribution in [3.05, 3.63) is 42.0 Å². The van der Waals surface area contributed by atoms with Gasteiger partial charge in [0.05, 0.1) is 17.8 Å². The van der Waals surface area contributed by atoms with Gasteiger partial charge in [0.1, 0.15) is 11.5 Å². The molecule has 1 aromatic carbocycles. The zero-order chi connectivity index (χ0) is 13.1. The van der Waals surface area contributed by atoms with Crippen molar-refractivity contribution in [3.63, 3.8) is 0 Å². The van der Waals surface area contributed by atoms with E-state index in [1.165, 1.54) is 10.7 Å². The lowest BCUT2D eigenvalue weighted by Gasteiger charge is -2.04. The summed E-state index contributed by atoms with van der Waals surface area (Å²) in [7, 11) is 0. The number of nitrogens with zero attached hydrogens (tertiary/aromatic N) is 3. The minimum atomic E-state index is -0.415. The molecule has 0 aliphatic heterocycles. The van der Waals surface area contributed by atoms with Crippen LogP contribution in [0.4, 0.5) is 10.1 Å². The number of aromatic nitrogens is 2. The fourth-order valence-corrected chi connectivity index (χ4v) is 1.55. The van der Waals surface area contributed by atoms with E-state index in [9.17, 15) is 4.39 Å². The predicted molar refractivity (Wildman–Crippen MR) is 70.3 cm³/mol. The molecular weight excluding hydrogens is 255 g/mol. The van der Waals surface area contributed by atoms with Gasteiger partial charge in [-0.1, -0.05) is 0 Å². The molecule has 0 fully saturated rings. The maximum absolute atomic E-state index is 13.9. The Kier molecular flexibility index (Phi) is 3.62. The van der Waals surface area contributed by atoms with Crippen LogP contribution in [0.15, 0.2) is 35.6 Å². The summed E-state index contributed by atoms with van der Waals surface area (Å²) in [6, 6.07) is 4.56. The Bertz CT molecular complexity index is 592. The van der Waals surface area contributed by atoms with E-state index in [2.05, 4.69) is 10.1 Å². The van der Waals surface area contributed by atoms with Crippen LogP contribution < -0.4 is 5.73 Å². The van der Waals surface area contributed by atoms with Gasteiger partial charge >= 0.3 is 0 Å². The van der Waals surface area contributed by atoms with Crippen LogP contribution in [-0.2, 0) is 0 Å². The number of aliphatic imine (C=N–C) groups is 1. The van der Waals surface area contributed by atoms with Crippen molar-refractivity contribution in [3.8, 4) is 5.69 Å². The minimum absolute atomic E-state index is 0.113. The fourth-order valence-electron chi connectivity index (χ4n) is 1.49. The van der Waals surface area contributed by atoms with Crippen LogP contribution in [0.1, 0.15) is 5.56 Å². The van der Waals surface area contributed by atoms with Gasteiger partial charge in [0.2, 0.25) is 0 Å². The summed E-state index contributed by atoms with van der Waals surface area (Å²) in [5.74, 6) is -0.0534. The summed E-state index contributed by atoms with van der Waals surface area (Å²) >= 11 is 5.51. The smallest absolute Gasteiger partial charge is 0.151 e. The molecule has 0 atom stereocenters. The van der Waals surface area contributed by atoms with Gasteiger partial charge in [-0.2, -0.15) is 5.10 Å². The second-order valence-corrected chi connectivity index (χ2v) is 4.10. The number of halogens is 2. The fraction of sp³-hybridized carbons (Fsp3) is 0.167. The number of amidine groups is 1. The van der Waals surface area contributed by atoms with E-state index >= 15 is 0 Å². The molecule has 0 amide bonds. The van der Waals surface area contributed by atoms with Gasteiger partial charge in [-0.05, 0) is 24.6 Å². The molecule has 0 bridgehead atoms. The van der Waals surface area contributed by atoms with Crippen LogP contribution in [-0.4, -0.2) is 21.5 Å². The molecule has 0 aliphatic rings. The molecule has 94 valence electrons. The van der Waals surface area contributed by atoms with Gasteiger partial charge in [-0.15, -0.1) is 11.6 Å². The van der Waals surface area contributed by atoms with E-state index in [1.54, 1.807) is 24.5 Å². The van der Waals surface area contributed by atoms with Gasteiger partial charge in [-0.25, -0.2) is 14.1 Å². The Morgan fingerprint density at radius 3 is 2.89 bits per heavy atom. The number of aryl methyl sites for hydroxylation is 1. The highest BCUT2D eigenvalue weighted by molar-refractivity contribution is 6.28. The zero-order valence-corrected chi connectivity index (χ0v) is 10.5. The molecule has 0 unspecified atom stereocenters. The van der Waals surface area contributed by atoms with E-state index in [1.807, 2.05) is 6.92 Å². The Hall–Kier alpha value is -1.88. The van der Waals surface area contributed by atoms with Crippen molar-refractivity contribution >= 4 is 23.1 Å². The van der Waals surface area contributed by atoms with E-state index in [0.29, 0.717) is 11.4 Å². The summed E-state index contributed by atoms with van der Waals surface area (Å²) in [5.41, 5.74) is 7.24. The van der Waals surface area contributed by atoms with Crippen molar-refractivity contribution in [2.45, 2.75) is 6.92 Å². The highest BCUT2D eigenvalue weighted by Gasteiger charge is 2.06. The summed E-state index contributed by atoms with van der Waals surface area (Å²) in [6.45, 7) is 1.89. The largest absolute Gasteiger partial charge is 0.386 e. The van der Waals surface area contributed by atoms with Crippen molar-refractivity contribution in [2.24, 2.45) is 10.7 Å². The van der Waals surface area contributed by atoms with E-state index < -0.39 is 5.82 Å². The standard InChI is InChI=1S/C12H12ClFN4/c1-8-6-16-18(7-8)11-3-2-9(4-10(11)14)17-12(15)5-13/h2-4,6-7H,5H2,1H3,(H2,15,17). The first kappa shape index (κ1) is 12.6. The van der Waals surface area contributed by atoms with E-state index in [4.69, 9.17) is 17.3 Å². The summed E-state index contributed by atoms with van der Waals surface area (Å²) < 4.78 is 15.4. The number of hydrogen-bond acceptors (Lipinski definition) is 2. The van der Waals surface area contributed by atoms with Crippen LogP contribution in [0.3, 0.4) is 0 Å². The number of alkyl halides is 1. The predicted octanol–water partition coefficient (Wildman–Crippen LogP) is 2.55. The lowest BCUT2D eigenvalue weighted by molar-refractivity contribution is 0.611. The molecule has 0 radical (unpaired) electrons. The molecular formula is C12H12ClFN4. The van der Waals surface area contributed by atoms with Crippen molar-refractivity contribution in [1.82, 2.24) is 9.78 Å². The lowest BCUT2D eigenvalue weighted by Crippen LogP contribution is -2.12. The maximum Gasteiger partial charge on any atom is 0.151 e. The first-order valence-electron chi connectivity index (χ1n) is 5.30. The molecule has 1 aromatic heterocycles. The third-order valence-electron chi connectivity index (χ3n) is 2.30. The molecule has 0 aliphatic carbocycles. The molecule has 4 nitrogen and oxygen atoms in total. The monoisotopic (exact) mass is 266 g/mol. The third kappa shape index (κ3) is 2.68. The quantitative estimate of drug-likeness (QED) is 0.527. The van der Waals surface area contributed by atoms with E-state index in [-0.39, 0.29) is 11.7 Å². The second-order valence-electron chi connectivity index (χ2n) is 3.83. The molecule has 0 saturated carbocycles. The first-order valence-corrected chi connectivity index (χ1v) is 5.84. The average molecular weight is 267 g/mol. The molecule has 0 spiro atoms. The van der Waals surface area contributed by atoms with E-state index in [0.717, 1.165) is 5.56 Å². The Morgan fingerprint density at radius 1 is 1.56 bits per heavy atom. The molecule has 2 rings (SSSR count). The molecule has 6 heteroatoms. The van der Waals surface area contributed by atoms with Crippen molar-refractivity contribution in [2.75, 3.05) is 5.88 Å². The maximum atomic E-state index is 13.9. The highest BCUT2D eigenvalue weighted by atomic mass is 35.5. The van der Waals surface area contributed by atoms with Gasteiger partial charge < -0.3 is 5.73 Å². The van der Waals surface area contributed by atoms with Crippen LogP contribution in [0, 0.1) is 12.7 Å². The van der Waals surface area contributed by atoms with Crippen LogP contribution in [0.5, 0.6) is 0 Å². The Labute approximate surface area is 109 Å². The van der Waals surface area contributed by atoms with Gasteiger partial charge in [0.25, 0.3) is 0 Å². The molecule has 2 aromatic rings. The first-order chi connectivity index (χ1) is 8.60. The SMILES string of the molecule is Cc1cnn(-c2ccc(N=C(N)CCl)cc2F)c1. The molecule has 18 heavy (non-hydrogen) atoms. The Morgan fingerprint density at radius 2 is 2.33 bits per heavy atom. The average Bonchev–Trinajstić information content (AvgIpc) is 2.75. The summed E-state index contributed by atoms with van der Waals surface area (Å²) in [6.07, 6.45) is 3.41. The number of nitrogens with two attached hydrogens (primary N) is 1. The number of hydrogen-bond donors (Lipinski definition) is 1. The minimum Gasteiger partial charge on any atom is -0.386 e. The number of rotatable bonds is 3. The van der Waals surface area contributed by atoms with Gasteiger partial charge in [0, 0.05) is 12.3 Å². The second kappa shape index (κ2) is 5.18. The van der Waals surface area contributed by atoms with Gasteiger partial charge in [0.15, 0.2) is 5.82 Å². The van der Waals surface area contributed by atoms with Crippen LogP contribution in [0.2, 0.25) is 0 Å². The van der Waals surface area contributed by atoms with Gasteiger partial charge in [-0.3, -0.25) is 0 Å². The topological polar surface area (TPSA) is 56.2 Å². The molecule has 0 saturated heterocycles. The zero-order valence-electron chi connectivity index (χ0n) is 9.77. The lowest BCUT2D eigenvalue weighted by atomic mass is 10.2. The van der Waals surface area contributed by atoms with Crippen molar-refractivity contribution < 1.29 is 4.39 Å². The highest BCUT2D eigenvalue weighted by Crippen LogP contribution is 2.20. The normalized spacial score (nSPS) is 11.8. The summed E-state index contributed by atoms with van der Waals surface area (Å²) in [5, 5.41) is 4.05. The third-order valence-corrected chi connectivity index (χ3v) is 2.57. The summed E-state index contributed by atoms with van der Waals surface area (Å²) in [4.78, 5) is 3.97. The molecule has 1 heterocycles.